The molecule has 2 rings (SSSR count). The number of aliphatic hydroxyl groups excluding tert-OH is 4. The molecule has 0 aromatic rings. The first-order valence-corrected chi connectivity index (χ1v) is 5.61. The number of nitrogens with zero attached hydrogens (tertiary/aromatic N) is 1. The Kier molecular flexibility index (Phi) is 4.74. The minimum Gasteiger partial charge on any atom is -1.00 e. The van der Waals surface area contributed by atoms with Crippen LogP contribution in [0.4, 0.5) is 0 Å². The van der Waals surface area contributed by atoms with E-state index in [-0.39, 0.29) is 29.6 Å². The van der Waals surface area contributed by atoms with Gasteiger partial charge in [0.05, 0.1) is 19.7 Å². The highest BCUT2D eigenvalue weighted by Crippen LogP contribution is 2.31. The maximum Gasteiger partial charge on any atom is 0.141 e. The highest BCUT2D eigenvalue weighted by atomic mass is 79.9. The lowest BCUT2D eigenvalue weighted by atomic mass is 9.92. The molecule has 16 heavy (non-hydrogen) atoms. The molecule has 0 aromatic heterocycles. The SMILES string of the molecule is OC[C@@H]1[C@H](O)[C@H](O)[C@@H](O)C[N+]12CCCC2.[Br-]. The first-order valence-electron chi connectivity index (χ1n) is 5.61. The monoisotopic (exact) mass is 297 g/mol. The van der Waals surface area contributed by atoms with Gasteiger partial charge >= 0.3 is 0 Å². The van der Waals surface area contributed by atoms with Crippen LogP contribution in [-0.2, 0) is 0 Å². The third-order valence-electron chi connectivity index (χ3n) is 4.04. The lowest BCUT2D eigenvalue weighted by Gasteiger charge is -2.49. The molecule has 2 saturated heterocycles. The van der Waals surface area contributed by atoms with Gasteiger partial charge in [0.2, 0.25) is 0 Å². The number of rotatable bonds is 1. The largest absolute Gasteiger partial charge is 1.00 e. The zero-order valence-corrected chi connectivity index (χ0v) is 10.8. The Balaban J connectivity index is 0.00000128. The van der Waals surface area contributed by atoms with E-state index in [0.29, 0.717) is 11.0 Å². The minimum atomic E-state index is -1.12. The number of piperidine rings is 1. The van der Waals surface area contributed by atoms with E-state index >= 15 is 0 Å². The first-order chi connectivity index (χ1) is 7.10. The smallest absolute Gasteiger partial charge is 0.141 e. The van der Waals surface area contributed by atoms with Gasteiger partial charge in [0.15, 0.2) is 0 Å². The fourth-order valence-electron chi connectivity index (χ4n) is 3.16. The van der Waals surface area contributed by atoms with Gasteiger partial charge in [0.1, 0.15) is 30.9 Å². The molecule has 0 aromatic carbocycles. The summed E-state index contributed by atoms with van der Waals surface area (Å²) in [6.45, 7) is 2.08. The van der Waals surface area contributed by atoms with Crippen LogP contribution in [0.5, 0.6) is 0 Å². The average Bonchev–Trinajstić information content (AvgIpc) is 2.65. The van der Waals surface area contributed by atoms with E-state index in [9.17, 15) is 20.4 Å². The van der Waals surface area contributed by atoms with E-state index in [1.165, 1.54) is 0 Å². The van der Waals surface area contributed by atoms with E-state index in [0.717, 1.165) is 25.9 Å². The van der Waals surface area contributed by atoms with Gasteiger partial charge in [-0.15, -0.1) is 0 Å². The molecule has 0 bridgehead atoms. The summed E-state index contributed by atoms with van der Waals surface area (Å²) in [6.07, 6.45) is -0.887. The van der Waals surface area contributed by atoms with Crippen molar-refractivity contribution in [3.63, 3.8) is 0 Å². The Morgan fingerprint density at radius 3 is 2.06 bits per heavy atom. The van der Waals surface area contributed by atoms with E-state index in [4.69, 9.17) is 0 Å². The number of quaternary nitrogens is 1. The van der Waals surface area contributed by atoms with Gasteiger partial charge in [-0.05, 0) is 0 Å². The van der Waals surface area contributed by atoms with Crippen molar-refractivity contribution in [3.05, 3.63) is 0 Å². The lowest BCUT2D eigenvalue weighted by molar-refractivity contribution is -0.953. The van der Waals surface area contributed by atoms with Crippen molar-refractivity contribution in [2.24, 2.45) is 0 Å². The lowest BCUT2D eigenvalue weighted by Crippen LogP contribution is -3.00. The summed E-state index contributed by atoms with van der Waals surface area (Å²) in [6, 6.07) is -0.342. The highest BCUT2D eigenvalue weighted by Gasteiger charge is 2.53. The Labute approximate surface area is 106 Å². The summed E-state index contributed by atoms with van der Waals surface area (Å²) >= 11 is 0. The summed E-state index contributed by atoms with van der Waals surface area (Å²) in [4.78, 5) is 0. The number of hydrogen-bond acceptors (Lipinski definition) is 4. The van der Waals surface area contributed by atoms with Crippen LogP contribution in [-0.4, -0.2) is 75.5 Å². The molecule has 2 aliphatic heterocycles. The van der Waals surface area contributed by atoms with Crippen LogP contribution in [0.3, 0.4) is 0 Å². The number of hydrogen-bond donors (Lipinski definition) is 4. The Bertz CT molecular complexity index is 235. The van der Waals surface area contributed by atoms with E-state index in [1.54, 1.807) is 0 Å². The third-order valence-corrected chi connectivity index (χ3v) is 4.04. The molecule has 2 aliphatic rings. The summed E-state index contributed by atoms with van der Waals surface area (Å²) < 4.78 is 0.565. The zero-order valence-electron chi connectivity index (χ0n) is 9.17. The topological polar surface area (TPSA) is 80.9 Å². The van der Waals surface area contributed by atoms with Crippen molar-refractivity contribution < 1.29 is 41.9 Å². The van der Waals surface area contributed by atoms with Crippen LogP contribution in [0, 0.1) is 0 Å². The van der Waals surface area contributed by atoms with Gasteiger partial charge in [-0.25, -0.2) is 0 Å². The second kappa shape index (κ2) is 5.29. The summed E-state index contributed by atoms with van der Waals surface area (Å²) in [5, 5.41) is 38.4. The molecular weight excluding hydrogens is 278 g/mol. The second-order valence-corrected chi connectivity index (χ2v) is 4.85. The van der Waals surface area contributed by atoms with Crippen molar-refractivity contribution in [3.8, 4) is 0 Å². The molecule has 2 fully saturated rings. The molecule has 0 aliphatic carbocycles. The maximum absolute atomic E-state index is 9.85. The number of halogens is 1. The zero-order chi connectivity index (χ0) is 11.1. The molecule has 4 N–H and O–H groups in total. The average molecular weight is 298 g/mol. The predicted molar refractivity (Wildman–Crippen MR) is 53.0 cm³/mol. The molecule has 0 saturated carbocycles. The predicted octanol–water partition coefficient (Wildman–Crippen LogP) is -4.94. The van der Waals surface area contributed by atoms with E-state index in [1.807, 2.05) is 0 Å². The quantitative estimate of drug-likeness (QED) is 0.366. The molecule has 96 valence electrons. The summed E-state index contributed by atoms with van der Waals surface area (Å²) in [7, 11) is 0. The number of aliphatic hydroxyl groups is 4. The Hall–Kier alpha value is 0.280. The van der Waals surface area contributed by atoms with Gasteiger partial charge < -0.3 is 41.9 Å². The first kappa shape index (κ1) is 14.3. The maximum atomic E-state index is 9.85. The van der Waals surface area contributed by atoms with Crippen molar-refractivity contribution in [1.82, 2.24) is 0 Å². The van der Waals surface area contributed by atoms with Gasteiger partial charge in [0.25, 0.3) is 0 Å². The Morgan fingerprint density at radius 2 is 1.56 bits per heavy atom. The summed E-state index contributed by atoms with van der Waals surface area (Å²) in [5.41, 5.74) is 0. The fourth-order valence-corrected chi connectivity index (χ4v) is 3.16. The standard InChI is InChI=1S/C10H20NO4.BrH/c12-6-7-9(14)10(15)8(13)5-11(7)3-1-2-4-11;/h7-10,12-15H,1-6H2;1H/q+1;/p-1/t7-,8+,9+,10-;/m1./s1. The Morgan fingerprint density at radius 1 is 1.00 bits per heavy atom. The van der Waals surface area contributed by atoms with Crippen LogP contribution in [0.15, 0.2) is 0 Å². The van der Waals surface area contributed by atoms with E-state index in [2.05, 4.69) is 0 Å². The molecule has 5 nitrogen and oxygen atoms in total. The second-order valence-electron chi connectivity index (χ2n) is 4.85. The van der Waals surface area contributed by atoms with Crippen LogP contribution in [0.25, 0.3) is 0 Å². The van der Waals surface area contributed by atoms with Crippen LogP contribution < -0.4 is 17.0 Å². The summed E-state index contributed by atoms with van der Waals surface area (Å²) in [5.74, 6) is 0. The third kappa shape index (κ3) is 2.14. The molecule has 4 atom stereocenters. The van der Waals surface area contributed by atoms with Crippen molar-refractivity contribution in [2.45, 2.75) is 37.2 Å². The minimum absolute atomic E-state index is 0. The van der Waals surface area contributed by atoms with Crippen molar-refractivity contribution in [1.29, 1.82) is 0 Å². The molecule has 2 heterocycles. The van der Waals surface area contributed by atoms with Gasteiger partial charge in [-0.1, -0.05) is 0 Å². The highest BCUT2D eigenvalue weighted by molar-refractivity contribution is 4.88. The van der Waals surface area contributed by atoms with E-state index < -0.39 is 18.3 Å². The van der Waals surface area contributed by atoms with Crippen LogP contribution in [0.1, 0.15) is 12.8 Å². The molecule has 1 spiro atoms. The van der Waals surface area contributed by atoms with Crippen molar-refractivity contribution in [2.75, 3.05) is 26.2 Å². The molecule has 6 heteroatoms. The van der Waals surface area contributed by atoms with Gasteiger partial charge in [0, 0.05) is 12.8 Å². The van der Waals surface area contributed by atoms with Crippen LogP contribution in [0.2, 0.25) is 0 Å². The fraction of sp³-hybridized carbons (Fsp3) is 1.00. The van der Waals surface area contributed by atoms with Crippen molar-refractivity contribution >= 4 is 0 Å². The molecule has 0 unspecified atom stereocenters. The van der Waals surface area contributed by atoms with Crippen LogP contribution >= 0.6 is 0 Å². The molecule has 0 radical (unpaired) electrons. The normalized spacial score (nSPS) is 42.0. The molecular formula is C10H20BrNO4. The van der Waals surface area contributed by atoms with Gasteiger partial charge in [-0.3, -0.25) is 0 Å². The molecule has 0 amide bonds. The van der Waals surface area contributed by atoms with Gasteiger partial charge in [-0.2, -0.15) is 0 Å².